The SMILES string of the molecule is C[C@]12C[C@H](O)CC[C@@H]1CC[C@@H]1[C@@H]2CC[C@]2(C)c3c(-c4ccccc4)sc(SCc4ccccc4)c3C[C@@H]12. The fourth-order valence-electron chi connectivity index (χ4n) is 9.42. The Labute approximate surface area is 231 Å². The van der Waals surface area contributed by atoms with Crippen molar-refractivity contribution >= 4 is 23.1 Å². The first-order chi connectivity index (χ1) is 18.0. The lowest BCUT2D eigenvalue weighted by Gasteiger charge is -2.60. The molecule has 3 fully saturated rings. The Balaban J connectivity index is 1.27. The fraction of sp³-hybridized carbons (Fsp3) is 0.529. The van der Waals surface area contributed by atoms with Crippen LogP contribution in [-0.4, -0.2) is 11.2 Å². The summed E-state index contributed by atoms with van der Waals surface area (Å²) in [6.07, 6.45) is 9.92. The zero-order valence-corrected chi connectivity index (χ0v) is 23.9. The maximum absolute atomic E-state index is 10.7. The molecule has 0 unspecified atom stereocenters. The van der Waals surface area contributed by atoms with E-state index in [0.717, 1.165) is 42.3 Å². The first-order valence-corrected chi connectivity index (χ1v) is 16.3. The van der Waals surface area contributed by atoms with Crippen LogP contribution in [0.1, 0.15) is 75.5 Å². The number of rotatable bonds is 4. The van der Waals surface area contributed by atoms with Crippen molar-refractivity contribution in [2.24, 2.45) is 29.1 Å². The van der Waals surface area contributed by atoms with Gasteiger partial charge in [-0.1, -0.05) is 74.5 Å². The van der Waals surface area contributed by atoms with Gasteiger partial charge in [-0.3, -0.25) is 0 Å². The maximum Gasteiger partial charge on any atom is 0.0643 e. The molecule has 1 N–H and O–H groups in total. The van der Waals surface area contributed by atoms with Gasteiger partial charge in [0, 0.05) is 10.6 Å². The highest BCUT2D eigenvalue weighted by molar-refractivity contribution is 8.00. The number of benzene rings is 2. The van der Waals surface area contributed by atoms with Crippen molar-refractivity contribution < 1.29 is 5.11 Å². The molecule has 7 rings (SSSR count). The van der Waals surface area contributed by atoms with E-state index in [0.29, 0.717) is 5.41 Å². The molecule has 2 aromatic carbocycles. The van der Waals surface area contributed by atoms with Gasteiger partial charge in [-0.2, -0.15) is 0 Å². The first-order valence-electron chi connectivity index (χ1n) is 14.5. The van der Waals surface area contributed by atoms with Gasteiger partial charge in [-0.15, -0.1) is 23.1 Å². The van der Waals surface area contributed by atoms with E-state index in [1.165, 1.54) is 49.7 Å². The minimum atomic E-state index is -0.0799. The summed E-state index contributed by atoms with van der Waals surface area (Å²) in [6.45, 7) is 5.20. The minimum Gasteiger partial charge on any atom is -0.393 e. The van der Waals surface area contributed by atoms with Crippen molar-refractivity contribution in [3.05, 3.63) is 77.4 Å². The van der Waals surface area contributed by atoms with Crippen molar-refractivity contribution in [1.82, 2.24) is 0 Å². The van der Waals surface area contributed by atoms with Gasteiger partial charge in [0.05, 0.1) is 10.3 Å². The monoisotopic (exact) mass is 528 g/mol. The normalized spacial score (nSPS) is 36.4. The third kappa shape index (κ3) is 3.90. The summed E-state index contributed by atoms with van der Waals surface area (Å²) < 4.78 is 1.57. The molecule has 0 bridgehead atoms. The lowest BCUT2D eigenvalue weighted by molar-refractivity contribution is -0.115. The van der Waals surface area contributed by atoms with E-state index in [2.05, 4.69) is 97.6 Å². The molecule has 194 valence electrons. The molecule has 3 heteroatoms. The summed E-state index contributed by atoms with van der Waals surface area (Å²) in [7, 11) is 0. The lowest BCUT2D eigenvalue weighted by atomic mass is 9.45. The van der Waals surface area contributed by atoms with E-state index in [1.54, 1.807) is 20.2 Å². The van der Waals surface area contributed by atoms with Crippen molar-refractivity contribution in [2.75, 3.05) is 0 Å². The molecule has 3 saturated carbocycles. The van der Waals surface area contributed by atoms with Gasteiger partial charge in [0.25, 0.3) is 0 Å². The lowest BCUT2D eigenvalue weighted by Crippen LogP contribution is -2.54. The standard InChI is InChI=1S/C34H40OS2/c1-33-18-17-28-26(16-14-24-13-15-25(35)20-34(24,28)2)29(33)19-27-30(33)31(23-11-7-4-8-12-23)37-32(27)36-21-22-9-5-3-6-10-22/h3-12,24-26,28-29,35H,13-21H2,1-2H3/t24-,25-,26-,28+,29+,33+,34+/m1/s1. The van der Waals surface area contributed by atoms with Crippen LogP contribution in [-0.2, 0) is 17.6 Å². The van der Waals surface area contributed by atoms with E-state index < -0.39 is 0 Å². The molecule has 0 saturated heterocycles. The fourth-order valence-corrected chi connectivity index (χ4v) is 12.1. The largest absolute Gasteiger partial charge is 0.393 e. The van der Waals surface area contributed by atoms with Crippen LogP contribution in [0.15, 0.2) is 64.9 Å². The maximum atomic E-state index is 10.7. The third-order valence-electron chi connectivity index (χ3n) is 11.2. The summed E-state index contributed by atoms with van der Waals surface area (Å²) in [5, 5.41) is 10.7. The predicted molar refractivity (Wildman–Crippen MR) is 157 cm³/mol. The molecule has 0 amide bonds. The highest BCUT2D eigenvalue weighted by Crippen LogP contribution is 2.68. The molecule has 4 aliphatic rings. The Hall–Kier alpha value is -1.55. The molecule has 1 nitrogen and oxygen atoms in total. The average Bonchev–Trinajstić information content (AvgIpc) is 3.43. The molecule has 1 heterocycles. The quantitative estimate of drug-likeness (QED) is 0.341. The smallest absolute Gasteiger partial charge is 0.0643 e. The summed E-state index contributed by atoms with van der Waals surface area (Å²) in [4.78, 5) is 1.54. The summed E-state index contributed by atoms with van der Waals surface area (Å²) >= 11 is 4.14. The van der Waals surface area contributed by atoms with Crippen LogP contribution in [0.4, 0.5) is 0 Å². The second-order valence-corrected chi connectivity index (χ2v) is 15.2. The number of aliphatic hydroxyl groups excluding tert-OH is 1. The van der Waals surface area contributed by atoms with Crippen molar-refractivity contribution in [3.8, 4) is 10.4 Å². The van der Waals surface area contributed by atoms with Gasteiger partial charge >= 0.3 is 0 Å². The molecule has 0 aliphatic heterocycles. The van der Waals surface area contributed by atoms with Crippen LogP contribution in [0.25, 0.3) is 10.4 Å². The minimum absolute atomic E-state index is 0.0799. The second-order valence-electron chi connectivity index (χ2n) is 13.0. The number of hydrogen-bond donors (Lipinski definition) is 1. The highest BCUT2D eigenvalue weighted by atomic mass is 32.2. The Morgan fingerprint density at radius 1 is 0.892 bits per heavy atom. The van der Waals surface area contributed by atoms with E-state index in [9.17, 15) is 5.11 Å². The summed E-state index contributed by atoms with van der Waals surface area (Å²) in [5.41, 5.74) is 6.84. The first kappa shape index (κ1) is 24.5. The highest BCUT2D eigenvalue weighted by Gasteiger charge is 2.60. The molecular weight excluding hydrogens is 489 g/mol. The van der Waals surface area contributed by atoms with Gasteiger partial charge < -0.3 is 5.11 Å². The molecule has 4 aliphatic carbocycles. The Morgan fingerprint density at radius 3 is 2.41 bits per heavy atom. The summed E-state index contributed by atoms with van der Waals surface area (Å²) in [5.74, 6) is 4.21. The van der Waals surface area contributed by atoms with Crippen molar-refractivity contribution in [3.63, 3.8) is 0 Å². The third-order valence-corrected chi connectivity index (χ3v) is 13.9. The number of fused-ring (bicyclic) bond motifs is 7. The van der Waals surface area contributed by atoms with Gasteiger partial charge in [0.1, 0.15) is 0 Å². The number of thioether (sulfide) groups is 1. The molecule has 3 aromatic rings. The zero-order valence-electron chi connectivity index (χ0n) is 22.3. The molecule has 0 radical (unpaired) electrons. The predicted octanol–water partition coefficient (Wildman–Crippen LogP) is 9.12. The Morgan fingerprint density at radius 2 is 1.62 bits per heavy atom. The number of thiophene rings is 1. The Bertz CT molecular complexity index is 1270. The van der Waals surface area contributed by atoms with Crippen LogP contribution >= 0.6 is 23.1 Å². The zero-order chi connectivity index (χ0) is 25.2. The van der Waals surface area contributed by atoms with Crippen LogP contribution in [0.2, 0.25) is 0 Å². The molecule has 1 aromatic heterocycles. The van der Waals surface area contributed by atoms with Gasteiger partial charge in [-0.05, 0) is 108 Å². The van der Waals surface area contributed by atoms with E-state index in [4.69, 9.17) is 0 Å². The topological polar surface area (TPSA) is 20.2 Å². The number of hydrogen-bond acceptors (Lipinski definition) is 3. The molecular formula is C34H40OS2. The summed E-state index contributed by atoms with van der Waals surface area (Å²) in [6, 6.07) is 22.2. The molecule has 7 atom stereocenters. The second kappa shape index (κ2) is 9.28. The van der Waals surface area contributed by atoms with E-state index in [1.807, 2.05) is 0 Å². The van der Waals surface area contributed by atoms with Crippen molar-refractivity contribution in [2.45, 2.75) is 86.7 Å². The Kier molecular flexibility index (Phi) is 6.14. The van der Waals surface area contributed by atoms with Crippen LogP contribution in [0, 0.1) is 29.1 Å². The van der Waals surface area contributed by atoms with Gasteiger partial charge in [0.15, 0.2) is 0 Å². The van der Waals surface area contributed by atoms with Crippen LogP contribution < -0.4 is 0 Å². The molecule has 37 heavy (non-hydrogen) atoms. The van der Waals surface area contributed by atoms with Crippen molar-refractivity contribution in [1.29, 1.82) is 0 Å². The molecule has 0 spiro atoms. The van der Waals surface area contributed by atoms with Crippen LogP contribution in [0.3, 0.4) is 0 Å². The number of aliphatic hydroxyl groups is 1. The van der Waals surface area contributed by atoms with Crippen LogP contribution in [0.5, 0.6) is 0 Å². The van der Waals surface area contributed by atoms with Gasteiger partial charge in [0.2, 0.25) is 0 Å². The van der Waals surface area contributed by atoms with Gasteiger partial charge in [-0.25, -0.2) is 0 Å². The van der Waals surface area contributed by atoms with E-state index in [-0.39, 0.29) is 11.5 Å². The average molecular weight is 529 g/mol. The van der Waals surface area contributed by atoms with E-state index >= 15 is 0 Å².